The third-order valence-corrected chi connectivity index (χ3v) is 4.23. The van der Waals surface area contributed by atoms with E-state index in [9.17, 15) is 9.59 Å². The normalized spacial score (nSPS) is 22.1. The number of carbonyl (C=O) groups is 2. The second kappa shape index (κ2) is 5.27. The van der Waals surface area contributed by atoms with Crippen molar-refractivity contribution in [2.75, 3.05) is 19.6 Å². The van der Waals surface area contributed by atoms with Gasteiger partial charge in [0.2, 0.25) is 11.8 Å². The molecule has 2 saturated heterocycles. The molecule has 2 fully saturated rings. The number of hydrogen-bond donors (Lipinski definition) is 0. The van der Waals surface area contributed by atoms with Crippen LogP contribution in [0.25, 0.3) is 0 Å². The first kappa shape index (κ1) is 13.2. The van der Waals surface area contributed by atoms with Gasteiger partial charge >= 0.3 is 0 Å². The van der Waals surface area contributed by atoms with Gasteiger partial charge in [-0.25, -0.2) is 0 Å². The van der Waals surface area contributed by atoms with E-state index in [1.54, 1.807) is 0 Å². The molecule has 3 rings (SSSR count). The molecule has 4 heteroatoms. The van der Waals surface area contributed by atoms with Crippen LogP contribution in [0.5, 0.6) is 0 Å². The molecule has 0 spiro atoms. The number of carbonyl (C=O) groups excluding carboxylic acids is 2. The maximum Gasteiger partial charge on any atom is 0.227 e. The lowest BCUT2D eigenvalue weighted by atomic mass is 10.0. The maximum atomic E-state index is 12.2. The lowest BCUT2D eigenvalue weighted by Crippen LogP contribution is -2.45. The Morgan fingerprint density at radius 1 is 1.25 bits per heavy atom. The third kappa shape index (κ3) is 2.55. The zero-order chi connectivity index (χ0) is 14.1. The summed E-state index contributed by atoms with van der Waals surface area (Å²) in [5, 5.41) is 0. The van der Waals surface area contributed by atoms with Crippen molar-refractivity contribution in [1.29, 1.82) is 0 Å². The zero-order valence-corrected chi connectivity index (χ0v) is 11.8. The zero-order valence-electron chi connectivity index (χ0n) is 11.8. The molecule has 2 aliphatic rings. The number of benzene rings is 1. The van der Waals surface area contributed by atoms with Gasteiger partial charge < -0.3 is 9.80 Å². The molecule has 1 atom stereocenters. The lowest BCUT2D eigenvalue weighted by Gasteiger charge is -2.32. The molecule has 0 N–H and O–H groups in total. The predicted molar refractivity (Wildman–Crippen MR) is 75.9 cm³/mol. The van der Waals surface area contributed by atoms with E-state index >= 15 is 0 Å². The van der Waals surface area contributed by atoms with Gasteiger partial charge in [-0.3, -0.25) is 9.59 Å². The van der Waals surface area contributed by atoms with Gasteiger partial charge in [-0.15, -0.1) is 0 Å². The average Bonchev–Trinajstić information content (AvgIpc) is 2.72. The molecule has 1 unspecified atom stereocenters. The number of hydrogen-bond acceptors (Lipinski definition) is 2. The first-order valence-electron chi connectivity index (χ1n) is 7.25. The van der Waals surface area contributed by atoms with Gasteiger partial charge in [0.15, 0.2) is 0 Å². The van der Waals surface area contributed by atoms with Crippen molar-refractivity contribution in [2.24, 2.45) is 5.92 Å². The van der Waals surface area contributed by atoms with E-state index in [4.69, 9.17) is 0 Å². The average molecular weight is 272 g/mol. The van der Waals surface area contributed by atoms with E-state index in [1.165, 1.54) is 5.56 Å². The summed E-state index contributed by atoms with van der Waals surface area (Å²) in [7, 11) is 0. The molecule has 2 aliphatic heterocycles. The number of likely N-dealkylation sites (tertiary alicyclic amines) is 2. The quantitative estimate of drug-likeness (QED) is 0.838. The van der Waals surface area contributed by atoms with Gasteiger partial charge in [0.1, 0.15) is 0 Å². The molecule has 106 valence electrons. The summed E-state index contributed by atoms with van der Waals surface area (Å²) < 4.78 is 0. The Hall–Kier alpha value is -1.84. The van der Waals surface area contributed by atoms with Gasteiger partial charge in [0, 0.05) is 32.6 Å². The van der Waals surface area contributed by atoms with Gasteiger partial charge in [0.05, 0.1) is 5.92 Å². The summed E-state index contributed by atoms with van der Waals surface area (Å²) in [4.78, 5) is 27.9. The van der Waals surface area contributed by atoms with E-state index in [-0.39, 0.29) is 17.7 Å². The minimum Gasteiger partial charge on any atom is -0.342 e. The van der Waals surface area contributed by atoms with Crippen LogP contribution in [0.1, 0.15) is 24.0 Å². The Morgan fingerprint density at radius 3 is 2.55 bits per heavy atom. The van der Waals surface area contributed by atoms with Crippen LogP contribution in [0.3, 0.4) is 0 Å². The highest BCUT2D eigenvalue weighted by Gasteiger charge is 2.37. The van der Waals surface area contributed by atoms with Gasteiger partial charge in [-0.1, -0.05) is 29.8 Å². The van der Waals surface area contributed by atoms with Crippen molar-refractivity contribution >= 4 is 11.8 Å². The molecule has 2 heterocycles. The Balaban J connectivity index is 1.62. The summed E-state index contributed by atoms with van der Waals surface area (Å²) in [5.74, 6) is 0.133. The second-order valence-corrected chi connectivity index (χ2v) is 5.84. The highest BCUT2D eigenvalue weighted by atomic mass is 16.2. The van der Waals surface area contributed by atoms with Crippen molar-refractivity contribution in [2.45, 2.75) is 26.3 Å². The lowest BCUT2D eigenvalue weighted by molar-refractivity contribution is -0.139. The van der Waals surface area contributed by atoms with Crippen LogP contribution in [0.2, 0.25) is 0 Å². The largest absolute Gasteiger partial charge is 0.342 e. The summed E-state index contributed by atoms with van der Waals surface area (Å²) in [6, 6.07) is 8.21. The van der Waals surface area contributed by atoms with Gasteiger partial charge in [-0.05, 0) is 18.9 Å². The van der Waals surface area contributed by atoms with Crippen LogP contribution in [0.15, 0.2) is 24.3 Å². The minimum atomic E-state index is -0.131. The number of aryl methyl sites for hydroxylation is 1. The van der Waals surface area contributed by atoms with Crippen molar-refractivity contribution < 1.29 is 9.59 Å². The second-order valence-electron chi connectivity index (χ2n) is 5.84. The molecule has 0 bridgehead atoms. The van der Waals surface area contributed by atoms with Crippen LogP contribution in [0, 0.1) is 12.8 Å². The highest BCUT2D eigenvalue weighted by molar-refractivity contribution is 5.89. The van der Waals surface area contributed by atoms with Crippen molar-refractivity contribution in [3.8, 4) is 0 Å². The number of nitrogens with zero attached hydrogens (tertiary/aromatic N) is 2. The highest BCUT2D eigenvalue weighted by Crippen LogP contribution is 2.24. The molecule has 0 aliphatic carbocycles. The predicted octanol–water partition coefficient (Wildman–Crippen LogP) is 1.58. The van der Waals surface area contributed by atoms with E-state index in [1.807, 2.05) is 28.9 Å². The van der Waals surface area contributed by atoms with Crippen molar-refractivity contribution in [3.63, 3.8) is 0 Å². The van der Waals surface area contributed by atoms with Crippen LogP contribution in [-0.2, 0) is 16.1 Å². The molecular formula is C16H20N2O2. The first-order chi connectivity index (χ1) is 9.63. The fraction of sp³-hybridized carbons (Fsp3) is 0.500. The Morgan fingerprint density at radius 2 is 1.95 bits per heavy atom. The van der Waals surface area contributed by atoms with Gasteiger partial charge in [-0.2, -0.15) is 0 Å². The van der Waals surface area contributed by atoms with Crippen molar-refractivity contribution in [3.05, 3.63) is 35.4 Å². The van der Waals surface area contributed by atoms with E-state index in [0.29, 0.717) is 19.5 Å². The molecule has 20 heavy (non-hydrogen) atoms. The monoisotopic (exact) mass is 272 g/mol. The molecule has 0 aromatic heterocycles. The van der Waals surface area contributed by atoms with Crippen LogP contribution in [-0.4, -0.2) is 41.2 Å². The standard InChI is InChI=1S/C16H20N2O2/c1-12-3-5-13(6-4-12)10-18-11-14(9-15(18)19)16(20)17-7-2-8-17/h3-6,14H,2,7-11H2,1H3. The summed E-state index contributed by atoms with van der Waals surface area (Å²) >= 11 is 0. The SMILES string of the molecule is Cc1ccc(CN2CC(C(=O)N3CCC3)CC2=O)cc1. The number of amides is 2. The Kier molecular flexibility index (Phi) is 3.47. The molecule has 4 nitrogen and oxygen atoms in total. The molecule has 0 radical (unpaired) electrons. The van der Waals surface area contributed by atoms with Crippen molar-refractivity contribution in [1.82, 2.24) is 9.80 Å². The van der Waals surface area contributed by atoms with Crippen LogP contribution in [0.4, 0.5) is 0 Å². The Labute approximate surface area is 119 Å². The number of rotatable bonds is 3. The summed E-state index contributed by atoms with van der Waals surface area (Å²) in [6.45, 7) is 4.96. The van der Waals surface area contributed by atoms with E-state index < -0.39 is 0 Å². The molecule has 0 saturated carbocycles. The Bertz CT molecular complexity index is 520. The van der Waals surface area contributed by atoms with Crippen LogP contribution >= 0.6 is 0 Å². The molecule has 1 aromatic rings. The fourth-order valence-electron chi connectivity index (χ4n) is 2.80. The first-order valence-corrected chi connectivity index (χ1v) is 7.25. The molecule has 1 aromatic carbocycles. The summed E-state index contributed by atoms with van der Waals surface area (Å²) in [5.41, 5.74) is 2.34. The third-order valence-electron chi connectivity index (χ3n) is 4.23. The minimum absolute atomic E-state index is 0.101. The summed E-state index contributed by atoms with van der Waals surface area (Å²) in [6.07, 6.45) is 1.47. The maximum absolute atomic E-state index is 12.2. The van der Waals surface area contributed by atoms with E-state index in [0.717, 1.165) is 25.1 Å². The smallest absolute Gasteiger partial charge is 0.227 e. The van der Waals surface area contributed by atoms with E-state index in [2.05, 4.69) is 12.1 Å². The molecular weight excluding hydrogens is 252 g/mol. The van der Waals surface area contributed by atoms with Gasteiger partial charge in [0.25, 0.3) is 0 Å². The van der Waals surface area contributed by atoms with Crippen LogP contribution < -0.4 is 0 Å². The fourth-order valence-corrected chi connectivity index (χ4v) is 2.80. The molecule has 2 amide bonds. The topological polar surface area (TPSA) is 40.6 Å².